The van der Waals surface area contributed by atoms with Crippen LogP contribution >= 0.6 is 0 Å². The SMILES string of the molecule is O=C(O)O.OC1CNCCC1c1ccccc1. The van der Waals surface area contributed by atoms with E-state index in [1.165, 1.54) is 5.56 Å². The molecule has 4 N–H and O–H groups in total. The molecule has 1 aromatic rings. The molecule has 1 fully saturated rings. The molecular weight excluding hydrogens is 222 g/mol. The second-order valence-corrected chi connectivity index (χ2v) is 3.86. The van der Waals surface area contributed by atoms with Gasteiger partial charge in [0.05, 0.1) is 6.10 Å². The van der Waals surface area contributed by atoms with E-state index in [1.54, 1.807) is 0 Å². The summed E-state index contributed by atoms with van der Waals surface area (Å²) in [6.45, 7) is 1.73. The van der Waals surface area contributed by atoms with E-state index in [-0.39, 0.29) is 6.10 Å². The number of β-amino-alcohol motifs (C(OH)–C–C–N with tert-alkyl or cyclic N) is 1. The molecule has 1 saturated heterocycles. The van der Waals surface area contributed by atoms with Crippen LogP contribution in [0.15, 0.2) is 30.3 Å². The number of benzene rings is 1. The molecule has 2 atom stereocenters. The quantitative estimate of drug-likeness (QED) is 0.594. The molecule has 2 unspecified atom stereocenters. The molecule has 0 aromatic heterocycles. The average Bonchev–Trinajstić information content (AvgIpc) is 2.30. The molecular formula is C12H17NO4. The summed E-state index contributed by atoms with van der Waals surface area (Å²) in [5, 5.41) is 26.9. The fourth-order valence-corrected chi connectivity index (χ4v) is 1.93. The molecule has 94 valence electrons. The molecule has 0 bridgehead atoms. The van der Waals surface area contributed by atoms with Crippen LogP contribution in [0.25, 0.3) is 0 Å². The van der Waals surface area contributed by atoms with E-state index in [4.69, 9.17) is 15.0 Å². The van der Waals surface area contributed by atoms with Crippen molar-refractivity contribution < 1.29 is 20.1 Å². The van der Waals surface area contributed by atoms with Gasteiger partial charge in [-0.15, -0.1) is 0 Å². The highest BCUT2D eigenvalue weighted by Crippen LogP contribution is 2.24. The van der Waals surface area contributed by atoms with Crippen molar-refractivity contribution in [2.24, 2.45) is 0 Å². The number of hydrogen-bond acceptors (Lipinski definition) is 3. The van der Waals surface area contributed by atoms with Gasteiger partial charge in [-0.1, -0.05) is 30.3 Å². The lowest BCUT2D eigenvalue weighted by Crippen LogP contribution is -2.39. The number of aliphatic hydroxyl groups excluding tert-OH is 1. The molecule has 1 aromatic carbocycles. The van der Waals surface area contributed by atoms with Gasteiger partial charge < -0.3 is 20.6 Å². The Kier molecular flexibility index (Phi) is 5.45. The molecule has 1 aliphatic rings. The molecule has 2 rings (SSSR count). The van der Waals surface area contributed by atoms with Gasteiger partial charge in [0.25, 0.3) is 0 Å². The third-order valence-electron chi connectivity index (χ3n) is 2.68. The summed E-state index contributed by atoms with van der Waals surface area (Å²) in [7, 11) is 0. The third kappa shape index (κ3) is 4.84. The monoisotopic (exact) mass is 239 g/mol. The van der Waals surface area contributed by atoms with Crippen LogP contribution in [0.3, 0.4) is 0 Å². The fourth-order valence-electron chi connectivity index (χ4n) is 1.93. The van der Waals surface area contributed by atoms with Gasteiger partial charge in [0, 0.05) is 12.5 Å². The standard InChI is InChI=1S/C11H15NO.CH2O3/c13-11-8-12-7-6-10(11)9-4-2-1-3-5-9;2-1(3)4/h1-5,10-13H,6-8H2;(H2,2,3,4). The molecule has 0 spiro atoms. The highest BCUT2D eigenvalue weighted by atomic mass is 16.6. The number of carbonyl (C=O) groups is 1. The minimum absolute atomic E-state index is 0.226. The Balaban J connectivity index is 0.000000317. The van der Waals surface area contributed by atoms with Crippen molar-refractivity contribution in [1.82, 2.24) is 5.32 Å². The Morgan fingerprint density at radius 3 is 2.35 bits per heavy atom. The Morgan fingerprint density at radius 2 is 1.82 bits per heavy atom. The van der Waals surface area contributed by atoms with Crippen LogP contribution in [-0.4, -0.2) is 40.7 Å². The number of piperidine rings is 1. The second-order valence-electron chi connectivity index (χ2n) is 3.86. The maximum atomic E-state index is 9.76. The van der Waals surface area contributed by atoms with E-state index in [1.807, 2.05) is 18.2 Å². The maximum Gasteiger partial charge on any atom is 0.503 e. The first-order chi connectivity index (χ1) is 8.11. The van der Waals surface area contributed by atoms with Gasteiger partial charge in [0.1, 0.15) is 0 Å². The van der Waals surface area contributed by atoms with Crippen molar-refractivity contribution in [3.63, 3.8) is 0 Å². The molecule has 0 radical (unpaired) electrons. The van der Waals surface area contributed by atoms with E-state index in [0.717, 1.165) is 19.5 Å². The minimum Gasteiger partial charge on any atom is -0.450 e. The topological polar surface area (TPSA) is 89.8 Å². The van der Waals surface area contributed by atoms with Crippen molar-refractivity contribution in [2.75, 3.05) is 13.1 Å². The third-order valence-corrected chi connectivity index (χ3v) is 2.68. The Morgan fingerprint density at radius 1 is 1.24 bits per heavy atom. The Labute approximate surface area is 99.7 Å². The Bertz CT molecular complexity index is 338. The van der Waals surface area contributed by atoms with E-state index >= 15 is 0 Å². The summed E-state index contributed by atoms with van der Waals surface area (Å²) in [6, 6.07) is 10.3. The lowest BCUT2D eigenvalue weighted by Gasteiger charge is -2.28. The van der Waals surface area contributed by atoms with E-state index < -0.39 is 6.16 Å². The molecule has 17 heavy (non-hydrogen) atoms. The summed E-state index contributed by atoms with van der Waals surface area (Å²) >= 11 is 0. The number of hydrogen-bond donors (Lipinski definition) is 4. The van der Waals surface area contributed by atoms with Crippen LogP contribution in [0.1, 0.15) is 17.9 Å². The van der Waals surface area contributed by atoms with Gasteiger partial charge in [0.2, 0.25) is 0 Å². The van der Waals surface area contributed by atoms with Crippen LogP contribution in [0.4, 0.5) is 4.79 Å². The summed E-state index contributed by atoms with van der Waals surface area (Å²) in [4.78, 5) is 8.56. The van der Waals surface area contributed by atoms with Crippen molar-refractivity contribution in [3.8, 4) is 0 Å². The summed E-state index contributed by atoms with van der Waals surface area (Å²) < 4.78 is 0. The summed E-state index contributed by atoms with van der Waals surface area (Å²) in [5.74, 6) is 0.322. The first-order valence-corrected chi connectivity index (χ1v) is 5.47. The van der Waals surface area contributed by atoms with Crippen LogP contribution in [0.2, 0.25) is 0 Å². The van der Waals surface area contributed by atoms with Crippen molar-refractivity contribution in [2.45, 2.75) is 18.4 Å². The zero-order chi connectivity index (χ0) is 12.7. The number of carboxylic acid groups (broad SMARTS) is 2. The van der Waals surface area contributed by atoms with Crippen LogP contribution < -0.4 is 5.32 Å². The zero-order valence-corrected chi connectivity index (χ0v) is 9.41. The van der Waals surface area contributed by atoms with Gasteiger partial charge in [-0.25, -0.2) is 4.79 Å². The lowest BCUT2D eigenvalue weighted by atomic mass is 9.88. The fraction of sp³-hybridized carbons (Fsp3) is 0.417. The van der Waals surface area contributed by atoms with Gasteiger partial charge in [-0.05, 0) is 18.5 Å². The first kappa shape index (κ1) is 13.5. The van der Waals surface area contributed by atoms with Crippen molar-refractivity contribution >= 4 is 6.16 Å². The first-order valence-electron chi connectivity index (χ1n) is 5.47. The maximum absolute atomic E-state index is 9.76. The smallest absolute Gasteiger partial charge is 0.450 e. The molecule has 1 aliphatic heterocycles. The van der Waals surface area contributed by atoms with Gasteiger partial charge in [-0.2, -0.15) is 0 Å². The highest BCUT2D eigenvalue weighted by Gasteiger charge is 2.23. The largest absolute Gasteiger partial charge is 0.503 e. The van der Waals surface area contributed by atoms with Crippen molar-refractivity contribution in [3.05, 3.63) is 35.9 Å². The zero-order valence-electron chi connectivity index (χ0n) is 9.41. The molecule has 0 amide bonds. The van der Waals surface area contributed by atoms with Gasteiger partial charge in [0.15, 0.2) is 0 Å². The van der Waals surface area contributed by atoms with Crippen LogP contribution in [0.5, 0.6) is 0 Å². The van der Waals surface area contributed by atoms with E-state index in [9.17, 15) is 5.11 Å². The predicted molar refractivity (Wildman–Crippen MR) is 63.3 cm³/mol. The van der Waals surface area contributed by atoms with Crippen LogP contribution in [0, 0.1) is 0 Å². The van der Waals surface area contributed by atoms with E-state index in [0.29, 0.717) is 5.92 Å². The van der Waals surface area contributed by atoms with Gasteiger partial charge >= 0.3 is 6.16 Å². The second kappa shape index (κ2) is 6.88. The van der Waals surface area contributed by atoms with Crippen LogP contribution in [-0.2, 0) is 0 Å². The molecule has 5 heteroatoms. The molecule has 5 nitrogen and oxygen atoms in total. The van der Waals surface area contributed by atoms with Crippen molar-refractivity contribution in [1.29, 1.82) is 0 Å². The number of nitrogens with one attached hydrogen (secondary N) is 1. The minimum atomic E-state index is -1.83. The summed E-state index contributed by atoms with van der Waals surface area (Å²) in [5.41, 5.74) is 1.26. The normalized spacial score (nSPS) is 23.4. The molecule has 0 saturated carbocycles. The molecule has 1 heterocycles. The average molecular weight is 239 g/mol. The number of rotatable bonds is 1. The highest BCUT2D eigenvalue weighted by molar-refractivity contribution is 5.53. The predicted octanol–water partition coefficient (Wildman–Crippen LogP) is 1.35. The Hall–Kier alpha value is -1.59. The summed E-state index contributed by atoms with van der Waals surface area (Å²) in [6.07, 6.45) is -1.03. The number of aliphatic hydroxyl groups is 1. The lowest BCUT2D eigenvalue weighted by molar-refractivity contribution is 0.118. The van der Waals surface area contributed by atoms with Gasteiger partial charge in [-0.3, -0.25) is 0 Å². The molecule has 0 aliphatic carbocycles. The van der Waals surface area contributed by atoms with E-state index in [2.05, 4.69) is 17.4 Å².